The minimum Gasteiger partial charge on any atom is -0.495 e. The molecule has 0 aromatic heterocycles. The minimum atomic E-state index is -3.54. The van der Waals surface area contributed by atoms with E-state index in [1.165, 1.54) is 7.11 Å². The Morgan fingerprint density at radius 3 is 2.81 bits per heavy atom. The molecule has 1 aromatic rings. The van der Waals surface area contributed by atoms with Crippen molar-refractivity contribution in [2.45, 2.75) is 50.0 Å². The number of nitrogens with two attached hydrogens (primary N) is 1. The maximum Gasteiger partial charge on any atom is 0.247 e. The SMILES string of the molecule is CCCC1CCCCN1S(=O)(=O)c1ccc(N)cc1OC. The average Bonchev–Trinajstić information content (AvgIpc) is 2.47. The molecule has 2 rings (SSSR count). The highest BCUT2D eigenvalue weighted by Gasteiger charge is 2.34. The van der Waals surface area contributed by atoms with Crippen LogP contribution in [0, 0.1) is 0 Å². The normalized spacial score (nSPS) is 20.4. The van der Waals surface area contributed by atoms with Crippen molar-refractivity contribution in [2.75, 3.05) is 19.4 Å². The van der Waals surface area contributed by atoms with Crippen molar-refractivity contribution in [2.24, 2.45) is 0 Å². The van der Waals surface area contributed by atoms with E-state index < -0.39 is 10.0 Å². The van der Waals surface area contributed by atoms with Gasteiger partial charge in [0.1, 0.15) is 10.6 Å². The lowest BCUT2D eigenvalue weighted by Gasteiger charge is -2.34. The summed E-state index contributed by atoms with van der Waals surface area (Å²) in [7, 11) is -2.07. The molecule has 0 spiro atoms. The Kier molecular flexibility index (Phi) is 5.11. The van der Waals surface area contributed by atoms with Crippen LogP contribution in [-0.4, -0.2) is 32.4 Å². The number of hydrogen-bond donors (Lipinski definition) is 1. The first-order valence-corrected chi connectivity index (χ1v) is 8.90. The Labute approximate surface area is 127 Å². The van der Waals surface area contributed by atoms with E-state index in [0.29, 0.717) is 18.0 Å². The molecule has 1 aliphatic rings. The van der Waals surface area contributed by atoms with E-state index >= 15 is 0 Å². The van der Waals surface area contributed by atoms with Gasteiger partial charge in [-0.3, -0.25) is 0 Å². The third-order valence-electron chi connectivity index (χ3n) is 3.97. The number of piperidine rings is 1. The van der Waals surface area contributed by atoms with Gasteiger partial charge in [-0.15, -0.1) is 0 Å². The molecule has 0 saturated carbocycles. The van der Waals surface area contributed by atoms with Crippen LogP contribution in [0.15, 0.2) is 23.1 Å². The molecule has 1 fully saturated rings. The first kappa shape index (κ1) is 16.1. The minimum absolute atomic E-state index is 0.0935. The third-order valence-corrected chi connectivity index (χ3v) is 5.96. The van der Waals surface area contributed by atoms with Crippen LogP contribution in [0.2, 0.25) is 0 Å². The van der Waals surface area contributed by atoms with Crippen LogP contribution in [0.4, 0.5) is 5.69 Å². The number of hydrogen-bond acceptors (Lipinski definition) is 4. The maximum atomic E-state index is 13.0. The van der Waals surface area contributed by atoms with Crippen LogP contribution in [-0.2, 0) is 10.0 Å². The standard InChI is InChI=1S/C15H24N2O3S/c1-3-6-13-7-4-5-10-17(13)21(18,19)15-9-8-12(16)11-14(15)20-2/h8-9,11,13H,3-7,10,16H2,1-2H3. The number of methoxy groups -OCH3 is 1. The van der Waals surface area contributed by atoms with E-state index in [1.54, 1.807) is 22.5 Å². The second kappa shape index (κ2) is 6.66. The molecule has 118 valence electrons. The van der Waals surface area contributed by atoms with Crippen LogP contribution < -0.4 is 10.5 Å². The lowest BCUT2D eigenvalue weighted by Crippen LogP contribution is -2.43. The zero-order chi connectivity index (χ0) is 15.5. The predicted octanol–water partition coefficient (Wildman–Crippen LogP) is 2.62. The number of anilines is 1. The smallest absolute Gasteiger partial charge is 0.247 e. The van der Waals surface area contributed by atoms with Gasteiger partial charge >= 0.3 is 0 Å². The van der Waals surface area contributed by atoms with Crippen molar-refractivity contribution in [3.05, 3.63) is 18.2 Å². The van der Waals surface area contributed by atoms with Gasteiger partial charge in [-0.2, -0.15) is 4.31 Å². The van der Waals surface area contributed by atoms with Crippen LogP contribution in [0.1, 0.15) is 39.0 Å². The Bertz CT molecular complexity index is 585. The van der Waals surface area contributed by atoms with Gasteiger partial charge in [0.05, 0.1) is 7.11 Å². The van der Waals surface area contributed by atoms with Crippen molar-refractivity contribution in [1.29, 1.82) is 0 Å². The van der Waals surface area contributed by atoms with Gasteiger partial charge in [-0.25, -0.2) is 8.42 Å². The van der Waals surface area contributed by atoms with Gasteiger partial charge in [0.2, 0.25) is 10.0 Å². The molecular formula is C15H24N2O3S. The Morgan fingerprint density at radius 2 is 2.14 bits per heavy atom. The summed E-state index contributed by atoms with van der Waals surface area (Å²) in [5, 5.41) is 0. The molecule has 1 aromatic carbocycles. The van der Waals surface area contributed by atoms with E-state index in [2.05, 4.69) is 6.92 Å². The van der Waals surface area contributed by atoms with Gasteiger partial charge in [-0.1, -0.05) is 19.8 Å². The van der Waals surface area contributed by atoms with E-state index in [1.807, 2.05) is 0 Å². The average molecular weight is 312 g/mol. The zero-order valence-electron chi connectivity index (χ0n) is 12.7. The maximum absolute atomic E-state index is 13.0. The lowest BCUT2D eigenvalue weighted by molar-refractivity contribution is 0.239. The molecule has 2 N–H and O–H groups in total. The molecule has 1 atom stereocenters. The van der Waals surface area contributed by atoms with Gasteiger partial charge in [0.25, 0.3) is 0 Å². The Hall–Kier alpha value is -1.27. The highest BCUT2D eigenvalue weighted by Crippen LogP contribution is 2.33. The van der Waals surface area contributed by atoms with Gasteiger partial charge < -0.3 is 10.5 Å². The molecule has 0 aliphatic carbocycles. The molecule has 1 heterocycles. The highest BCUT2D eigenvalue weighted by molar-refractivity contribution is 7.89. The first-order valence-electron chi connectivity index (χ1n) is 7.46. The summed E-state index contributed by atoms with van der Waals surface area (Å²) >= 11 is 0. The highest BCUT2D eigenvalue weighted by atomic mass is 32.2. The summed E-state index contributed by atoms with van der Waals surface area (Å²) in [6, 6.07) is 4.80. The van der Waals surface area contributed by atoms with Crippen LogP contribution in [0.3, 0.4) is 0 Å². The van der Waals surface area contributed by atoms with Crippen LogP contribution >= 0.6 is 0 Å². The van der Waals surface area contributed by atoms with Gasteiger partial charge in [0.15, 0.2) is 0 Å². The van der Waals surface area contributed by atoms with Crippen LogP contribution in [0.5, 0.6) is 5.75 Å². The molecule has 6 heteroatoms. The van der Waals surface area contributed by atoms with E-state index in [4.69, 9.17) is 10.5 Å². The molecule has 0 amide bonds. The van der Waals surface area contributed by atoms with Crippen molar-refractivity contribution < 1.29 is 13.2 Å². The summed E-state index contributed by atoms with van der Waals surface area (Å²) in [4.78, 5) is 0.210. The van der Waals surface area contributed by atoms with Crippen molar-refractivity contribution in [3.63, 3.8) is 0 Å². The Balaban J connectivity index is 2.40. The number of nitrogens with zero attached hydrogens (tertiary/aromatic N) is 1. The van der Waals surface area contributed by atoms with Gasteiger partial charge in [0, 0.05) is 24.3 Å². The van der Waals surface area contributed by atoms with Gasteiger partial charge in [-0.05, 0) is 31.4 Å². The monoisotopic (exact) mass is 312 g/mol. The zero-order valence-corrected chi connectivity index (χ0v) is 13.5. The summed E-state index contributed by atoms with van der Waals surface area (Å²) in [5.74, 6) is 0.316. The largest absolute Gasteiger partial charge is 0.495 e. The molecule has 1 saturated heterocycles. The fourth-order valence-corrected chi connectivity index (χ4v) is 4.80. The number of sulfonamides is 1. The van der Waals surface area contributed by atoms with Crippen LogP contribution in [0.25, 0.3) is 0 Å². The van der Waals surface area contributed by atoms with E-state index in [9.17, 15) is 8.42 Å². The first-order chi connectivity index (χ1) is 10.0. The topological polar surface area (TPSA) is 72.6 Å². The fourth-order valence-electron chi connectivity index (χ4n) is 2.94. The quantitative estimate of drug-likeness (QED) is 0.848. The van der Waals surface area contributed by atoms with E-state index in [0.717, 1.165) is 32.1 Å². The van der Waals surface area contributed by atoms with Crippen molar-refractivity contribution >= 4 is 15.7 Å². The fraction of sp³-hybridized carbons (Fsp3) is 0.600. The summed E-state index contributed by atoms with van der Waals surface area (Å²) < 4.78 is 32.8. The summed E-state index contributed by atoms with van der Waals surface area (Å²) in [6.07, 6.45) is 4.82. The van der Waals surface area contributed by atoms with Crippen molar-refractivity contribution in [3.8, 4) is 5.75 Å². The predicted molar refractivity (Wildman–Crippen MR) is 83.8 cm³/mol. The molecule has 0 radical (unpaired) electrons. The molecule has 21 heavy (non-hydrogen) atoms. The summed E-state index contributed by atoms with van der Waals surface area (Å²) in [5.41, 5.74) is 6.21. The molecular weight excluding hydrogens is 288 g/mol. The van der Waals surface area contributed by atoms with E-state index in [-0.39, 0.29) is 10.9 Å². The lowest BCUT2D eigenvalue weighted by atomic mass is 10.0. The summed E-state index contributed by atoms with van der Waals surface area (Å²) in [6.45, 7) is 2.67. The molecule has 1 unspecified atom stereocenters. The molecule has 5 nitrogen and oxygen atoms in total. The number of benzene rings is 1. The number of nitrogen functional groups attached to an aromatic ring is 1. The second-order valence-electron chi connectivity index (χ2n) is 5.46. The number of rotatable bonds is 5. The second-order valence-corrected chi connectivity index (χ2v) is 7.32. The Morgan fingerprint density at radius 1 is 1.38 bits per heavy atom. The number of ether oxygens (including phenoxy) is 1. The van der Waals surface area contributed by atoms with Crippen molar-refractivity contribution in [1.82, 2.24) is 4.31 Å². The third kappa shape index (κ3) is 3.32. The molecule has 1 aliphatic heterocycles. The molecule has 0 bridgehead atoms.